The second-order valence-corrected chi connectivity index (χ2v) is 7.82. The zero-order chi connectivity index (χ0) is 17.3. The minimum atomic E-state index is -0.881. The molecule has 1 saturated heterocycles. The summed E-state index contributed by atoms with van der Waals surface area (Å²) in [7, 11) is 0. The van der Waals surface area contributed by atoms with Gasteiger partial charge in [-0.1, -0.05) is 0 Å². The van der Waals surface area contributed by atoms with E-state index in [1.807, 2.05) is 19.1 Å². The number of aromatic nitrogens is 1. The molecule has 3 heterocycles. The molecule has 0 aromatic carbocycles. The number of aliphatic carboxylic acids is 1. The zero-order valence-corrected chi connectivity index (χ0v) is 15.1. The van der Waals surface area contributed by atoms with Crippen LogP contribution in [0, 0.1) is 13.8 Å². The van der Waals surface area contributed by atoms with Gasteiger partial charge in [-0.2, -0.15) is 11.8 Å². The summed E-state index contributed by atoms with van der Waals surface area (Å²) in [5.74, 6) is 1.90. The van der Waals surface area contributed by atoms with Crippen LogP contribution in [0.15, 0.2) is 16.5 Å². The molecular formula is C16H18N2O4S2. The van der Waals surface area contributed by atoms with Crippen molar-refractivity contribution in [3.05, 3.63) is 28.5 Å². The van der Waals surface area contributed by atoms with E-state index in [1.54, 1.807) is 23.6 Å². The first-order valence-corrected chi connectivity index (χ1v) is 9.57. The Kier molecular flexibility index (Phi) is 4.96. The van der Waals surface area contributed by atoms with Crippen LogP contribution in [0.4, 0.5) is 0 Å². The summed E-state index contributed by atoms with van der Waals surface area (Å²) in [4.78, 5) is 30.7. The molecule has 1 amide bonds. The first kappa shape index (κ1) is 17.0. The molecule has 0 aliphatic carbocycles. The van der Waals surface area contributed by atoms with Gasteiger partial charge in [0.05, 0.1) is 18.2 Å². The van der Waals surface area contributed by atoms with Crippen LogP contribution in [0.1, 0.15) is 27.5 Å². The molecule has 2 aromatic heterocycles. The highest BCUT2D eigenvalue weighted by atomic mass is 32.2. The van der Waals surface area contributed by atoms with Gasteiger partial charge in [0.2, 0.25) is 0 Å². The topological polar surface area (TPSA) is 83.6 Å². The van der Waals surface area contributed by atoms with Gasteiger partial charge in [-0.05, 0) is 26.0 Å². The van der Waals surface area contributed by atoms with Crippen LogP contribution in [0.5, 0.6) is 0 Å². The highest BCUT2D eigenvalue weighted by Crippen LogP contribution is 2.31. The molecule has 6 nitrogen and oxygen atoms in total. The smallest absolute Gasteiger partial charge is 0.305 e. The number of hydrogen-bond acceptors (Lipinski definition) is 6. The number of carbonyl (C=O) groups is 2. The summed E-state index contributed by atoms with van der Waals surface area (Å²) < 4.78 is 5.58. The summed E-state index contributed by atoms with van der Waals surface area (Å²) in [5, 5.41) is 9.75. The average molecular weight is 366 g/mol. The Labute approximate surface area is 147 Å². The van der Waals surface area contributed by atoms with Crippen molar-refractivity contribution in [2.75, 3.05) is 18.1 Å². The van der Waals surface area contributed by atoms with E-state index in [0.29, 0.717) is 33.6 Å². The Hall–Kier alpha value is -1.80. The molecule has 0 spiro atoms. The van der Waals surface area contributed by atoms with Crippen LogP contribution in [0.3, 0.4) is 0 Å². The van der Waals surface area contributed by atoms with Crippen molar-refractivity contribution in [2.45, 2.75) is 26.3 Å². The monoisotopic (exact) mass is 366 g/mol. The van der Waals surface area contributed by atoms with Gasteiger partial charge < -0.3 is 14.4 Å². The predicted octanol–water partition coefficient (Wildman–Crippen LogP) is 3.05. The summed E-state index contributed by atoms with van der Waals surface area (Å²) >= 11 is 2.98. The van der Waals surface area contributed by atoms with E-state index in [-0.39, 0.29) is 18.4 Å². The molecule has 3 rings (SSSR count). The van der Waals surface area contributed by atoms with E-state index < -0.39 is 5.97 Å². The van der Waals surface area contributed by atoms with Crippen LogP contribution in [0.25, 0.3) is 10.8 Å². The Morgan fingerprint density at radius 3 is 2.88 bits per heavy atom. The minimum absolute atomic E-state index is 0.0270. The number of carboxylic acid groups (broad SMARTS) is 1. The maximum atomic E-state index is 12.9. The number of carboxylic acids is 1. The maximum absolute atomic E-state index is 12.9. The maximum Gasteiger partial charge on any atom is 0.305 e. The van der Waals surface area contributed by atoms with Gasteiger partial charge in [-0.3, -0.25) is 9.59 Å². The number of nitrogens with zero attached hydrogens (tertiary/aromatic N) is 2. The van der Waals surface area contributed by atoms with Crippen molar-refractivity contribution >= 4 is 35.0 Å². The van der Waals surface area contributed by atoms with E-state index >= 15 is 0 Å². The van der Waals surface area contributed by atoms with Gasteiger partial charge in [-0.25, -0.2) is 4.98 Å². The van der Waals surface area contributed by atoms with Crippen LogP contribution in [-0.4, -0.2) is 51.0 Å². The standard InChI is InChI=1S/C16H18N2O4S2/c1-9-3-4-12(22-9)15-17-10(2)14(24-15)16(21)18-5-6-23-8-11(18)7-13(19)20/h3-4,11H,5-8H2,1-2H3,(H,19,20). The first-order valence-electron chi connectivity index (χ1n) is 7.60. The van der Waals surface area contributed by atoms with Crippen molar-refractivity contribution in [3.63, 3.8) is 0 Å². The average Bonchev–Trinajstić information content (AvgIpc) is 3.12. The summed E-state index contributed by atoms with van der Waals surface area (Å²) in [6.45, 7) is 4.22. The Balaban J connectivity index is 1.86. The highest BCUT2D eigenvalue weighted by Gasteiger charge is 2.31. The highest BCUT2D eigenvalue weighted by molar-refractivity contribution is 7.99. The first-order chi connectivity index (χ1) is 11.5. The van der Waals surface area contributed by atoms with Gasteiger partial charge in [0.25, 0.3) is 5.91 Å². The largest absolute Gasteiger partial charge is 0.481 e. The summed E-state index contributed by atoms with van der Waals surface area (Å²) in [5.41, 5.74) is 0.654. The molecule has 1 aliphatic heterocycles. The van der Waals surface area contributed by atoms with Gasteiger partial charge in [0.15, 0.2) is 10.8 Å². The van der Waals surface area contributed by atoms with Gasteiger partial charge in [0, 0.05) is 18.1 Å². The van der Waals surface area contributed by atoms with Crippen LogP contribution in [-0.2, 0) is 4.79 Å². The van der Waals surface area contributed by atoms with E-state index in [2.05, 4.69) is 4.98 Å². The third-order valence-corrected chi connectivity index (χ3v) is 6.09. The number of aryl methyl sites for hydroxylation is 2. The van der Waals surface area contributed by atoms with Crippen molar-refractivity contribution in [3.8, 4) is 10.8 Å². The third kappa shape index (κ3) is 3.49. The fraction of sp³-hybridized carbons (Fsp3) is 0.438. The molecule has 8 heteroatoms. The van der Waals surface area contributed by atoms with E-state index in [0.717, 1.165) is 11.5 Å². The molecule has 0 bridgehead atoms. The number of furan rings is 1. The Morgan fingerprint density at radius 1 is 1.42 bits per heavy atom. The molecule has 1 atom stereocenters. The normalized spacial score (nSPS) is 17.9. The number of hydrogen-bond donors (Lipinski definition) is 1. The van der Waals surface area contributed by atoms with Crippen molar-refractivity contribution in [1.82, 2.24) is 9.88 Å². The fourth-order valence-electron chi connectivity index (χ4n) is 2.67. The van der Waals surface area contributed by atoms with Gasteiger partial charge >= 0.3 is 5.97 Å². The molecule has 1 N–H and O–H groups in total. The second-order valence-electron chi connectivity index (χ2n) is 5.67. The van der Waals surface area contributed by atoms with Crippen LogP contribution >= 0.6 is 23.1 Å². The van der Waals surface area contributed by atoms with E-state index in [4.69, 9.17) is 9.52 Å². The van der Waals surface area contributed by atoms with Gasteiger partial charge in [-0.15, -0.1) is 11.3 Å². The lowest BCUT2D eigenvalue weighted by Crippen LogP contribution is -2.47. The zero-order valence-electron chi connectivity index (χ0n) is 13.4. The lowest BCUT2D eigenvalue weighted by Gasteiger charge is -2.34. The molecule has 128 valence electrons. The number of thiazole rings is 1. The van der Waals surface area contributed by atoms with Crippen molar-refractivity contribution < 1.29 is 19.1 Å². The molecule has 1 unspecified atom stereocenters. The quantitative estimate of drug-likeness (QED) is 0.895. The molecule has 24 heavy (non-hydrogen) atoms. The molecule has 1 fully saturated rings. The van der Waals surface area contributed by atoms with E-state index in [9.17, 15) is 9.59 Å². The number of thioether (sulfide) groups is 1. The summed E-state index contributed by atoms with van der Waals surface area (Å²) in [6.07, 6.45) is -0.0270. The lowest BCUT2D eigenvalue weighted by molar-refractivity contribution is -0.138. The van der Waals surface area contributed by atoms with Crippen molar-refractivity contribution in [2.24, 2.45) is 0 Å². The number of amides is 1. The third-order valence-electron chi connectivity index (χ3n) is 3.84. The molecule has 2 aromatic rings. The van der Waals surface area contributed by atoms with Crippen LogP contribution in [0.2, 0.25) is 0 Å². The van der Waals surface area contributed by atoms with E-state index in [1.165, 1.54) is 11.3 Å². The van der Waals surface area contributed by atoms with Gasteiger partial charge in [0.1, 0.15) is 10.6 Å². The summed E-state index contributed by atoms with van der Waals surface area (Å²) in [6, 6.07) is 3.43. The fourth-order valence-corrected chi connectivity index (χ4v) is 4.72. The predicted molar refractivity (Wildman–Crippen MR) is 93.7 cm³/mol. The lowest BCUT2D eigenvalue weighted by atomic mass is 10.2. The second kappa shape index (κ2) is 6.98. The molecule has 0 saturated carbocycles. The number of rotatable bonds is 4. The molecule has 1 aliphatic rings. The molecule has 0 radical (unpaired) electrons. The van der Waals surface area contributed by atoms with Crippen LogP contribution < -0.4 is 0 Å². The molecular weight excluding hydrogens is 348 g/mol. The number of carbonyl (C=O) groups excluding carboxylic acids is 1. The Bertz CT molecular complexity index is 768. The minimum Gasteiger partial charge on any atom is -0.481 e. The SMILES string of the molecule is Cc1ccc(-c2nc(C)c(C(=O)N3CCSCC3CC(=O)O)s2)o1. The van der Waals surface area contributed by atoms with Crippen molar-refractivity contribution in [1.29, 1.82) is 0 Å². The Morgan fingerprint density at radius 2 is 2.21 bits per heavy atom.